The first kappa shape index (κ1) is 23.6. The molecule has 0 saturated heterocycles. The summed E-state index contributed by atoms with van der Waals surface area (Å²) >= 11 is 0. The number of carbonyl (C=O) groups excluding carboxylic acids is 2. The summed E-state index contributed by atoms with van der Waals surface area (Å²) in [6.45, 7) is 0.777. The van der Waals surface area contributed by atoms with E-state index in [2.05, 4.69) is 20.9 Å². The Balaban J connectivity index is 1.53. The fraction of sp³-hybridized carbons (Fsp3) is 0.200. The van der Waals surface area contributed by atoms with Crippen LogP contribution in [0.5, 0.6) is 0 Å². The minimum absolute atomic E-state index is 0.00212. The number of amides is 2. The lowest BCUT2D eigenvalue weighted by molar-refractivity contribution is -0.127. The highest BCUT2D eigenvalue weighted by Gasteiger charge is 2.21. The van der Waals surface area contributed by atoms with Gasteiger partial charge >= 0.3 is 0 Å². The Hall–Kier alpha value is -4.04. The smallest absolute Gasteiger partial charge is 0.243 e. The molecule has 2 aromatic carbocycles. The van der Waals surface area contributed by atoms with E-state index >= 15 is 0 Å². The minimum Gasteiger partial charge on any atom is -0.384 e. The highest BCUT2D eigenvalue weighted by atomic mass is 16.2. The van der Waals surface area contributed by atoms with Crippen LogP contribution in [0.2, 0.25) is 0 Å². The number of hydrogen-bond donors (Lipinski definition) is 5. The Morgan fingerprint density at radius 1 is 0.909 bits per heavy atom. The van der Waals surface area contributed by atoms with Crippen LogP contribution in [0, 0.1) is 5.41 Å². The largest absolute Gasteiger partial charge is 0.384 e. The van der Waals surface area contributed by atoms with Crippen LogP contribution in [0.4, 0.5) is 0 Å². The number of nitrogens with zero attached hydrogens (tertiary/aromatic N) is 1. The third kappa shape index (κ3) is 7.55. The van der Waals surface area contributed by atoms with Crippen LogP contribution in [-0.4, -0.2) is 35.7 Å². The van der Waals surface area contributed by atoms with Crippen molar-refractivity contribution in [2.75, 3.05) is 13.1 Å². The van der Waals surface area contributed by atoms with E-state index in [1.165, 1.54) is 0 Å². The van der Waals surface area contributed by atoms with Crippen molar-refractivity contribution in [1.29, 1.82) is 5.41 Å². The maximum Gasteiger partial charge on any atom is 0.243 e. The van der Waals surface area contributed by atoms with E-state index < -0.39 is 6.04 Å². The van der Waals surface area contributed by atoms with Gasteiger partial charge in [0.1, 0.15) is 11.9 Å². The van der Waals surface area contributed by atoms with Gasteiger partial charge < -0.3 is 16.4 Å². The molecule has 33 heavy (non-hydrogen) atoms. The first-order valence-electron chi connectivity index (χ1n) is 10.7. The van der Waals surface area contributed by atoms with Gasteiger partial charge in [-0.3, -0.25) is 25.3 Å². The number of nitrogens with two attached hydrogens (primary N) is 1. The summed E-state index contributed by atoms with van der Waals surface area (Å²) in [4.78, 5) is 29.3. The van der Waals surface area contributed by atoms with Gasteiger partial charge in [0.05, 0.1) is 12.2 Å². The second-order valence-electron chi connectivity index (χ2n) is 7.48. The van der Waals surface area contributed by atoms with Crippen molar-refractivity contribution in [3.05, 3.63) is 101 Å². The molecule has 0 saturated carbocycles. The van der Waals surface area contributed by atoms with Gasteiger partial charge in [0.2, 0.25) is 11.8 Å². The predicted octanol–water partition coefficient (Wildman–Crippen LogP) is 1.67. The van der Waals surface area contributed by atoms with Crippen LogP contribution in [0.1, 0.15) is 28.4 Å². The van der Waals surface area contributed by atoms with Crippen LogP contribution < -0.4 is 21.7 Å². The molecule has 1 aromatic heterocycles. The summed E-state index contributed by atoms with van der Waals surface area (Å²) in [6, 6.07) is 21.7. The van der Waals surface area contributed by atoms with Crippen LogP contribution in [0.25, 0.3) is 0 Å². The van der Waals surface area contributed by atoms with Crippen LogP contribution >= 0.6 is 0 Å². The maximum absolute atomic E-state index is 12.9. The molecule has 1 unspecified atom stereocenters. The van der Waals surface area contributed by atoms with E-state index in [0.717, 1.165) is 17.5 Å². The second-order valence-corrected chi connectivity index (χ2v) is 7.48. The highest BCUT2D eigenvalue weighted by molar-refractivity contribution is 5.94. The number of amidine groups is 1. The van der Waals surface area contributed by atoms with Crippen molar-refractivity contribution in [1.82, 2.24) is 20.9 Å². The summed E-state index contributed by atoms with van der Waals surface area (Å²) in [5, 5.41) is 16.2. The molecule has 0 bridgehead atoms. The number of rotatable bonds is 11. The van der Waals surface area contributed by atoms with Crippen molar-refractivity contribution < 1.29 is 9.59 Å². The zero-order chi connectivity index (χ0) is 23.5. The molecule has 170 valence electrons. The fourth-order valence-corrected chi connectivity index (χ4v) is 3.22. The normalized spacial score (nSPS) is 11.4. The molecule has 0 aliphatic carbocycles. The quantitative estimate of drug-likeness (QED) is 0.227. The molecule has 0 aliphatic heterocycles. The van der Waals surface area contributed by atoms with Gasteiger partial charge in [-0.1, -0.05) is 60.7 Å². The number of aromatic nitrogens is 1. The monoisotopic (exact) mass is 444 g/mol. The molecular weight excluding hydrogens is 416 g/mol. The van der Waals surface area contributed by atoms with E-state index in [1.807, 2.05) is 48.5 Å². The van der Waals surface area contributed by atoms with Crippen molar-refractivity contribution in [3.8, 4) is 0 Å². The van der Waals surface area contributed by atoms with Crippen LogP contribution in [0.15, 0.2) is 79.0 Å². The molecule has 0 radical (unpaired) electrons. The Morgan fingerprint density at radius 2 is 1.64 bits per heavy atom. The van der Waals surface area contributed by atoms with Crippen LogP contribution in [0.3, 0.4) is 0 Å². The molecule has 1 atom stereocenters. The van der Waals surface area contributed by atoms with E-state index in [0.29, 0.717) is 24.3 Å². The maximum atomic E-state index is 12.9. The molecule has 3 rings (SSSR count). The van der Waals surface area contributed by atoms with Gasteiger partial charge in [-0.25, -0.2) is 0 Å². The number of nitrogen functional groups attached to an aromatic ring is 1. The molecule has 8 heteroatoms. The number of benzene rings is 2. The van der Waals surface area contributed by atoms with Gasteiger partial charge in [0.15, 0.2) is 0 Å². The molecule has 0 fully saturated rings. The molecule has 3 aromatic rings. The summed E-state index contributed by atoms with van der Waals surface area (Å²) < 4.78 is 0. The summed E-state index contributed by atoms with van der Waals surface area (Å²) in [5.41, 5.74) is 8.74. The van der Waals surface area contributed by atoms with Gasteiger partial charge in [-0.2, -0.15) is 0 Å². The molecule has 6 N–H and O–H groups in total. The number of nitrogens with one attached hydrogen (secondary N) is 4. The SMILES string of the molecule is N=C(N)c1ccc(CNC(C(=O)NCC(=O)NCCc2ccccc2)c2ccccn2)cc1. The summed E-state index contributed by atoms with van der Waals surface area (Å²) in [7, 11) is 0. The number of hydrogen-bond acceptors (Lipinski definition) is 5. The van der Waals surface area contributed by atoms with Gasteiger partial charge in [-0.05, 0) is 29.7 Å². The van der Waals surface area contributed by atoms with Crippen molar-refractivity contribution in [2.45, 2.75) is 19.0 Å². The standard InChI is InChI=1S/C25H28N6O2/c26-24(27)20-11-9-19(10-12-20)16-30-23(21-8-4-5-14-28-21)25(33)31-17-22(32)29-15-13-18-6-2-1-3-7-18/h1-12,14,23,30H,13,15-17H2,(H3,26,27)(H,29,32)(H,31,33). The third-order valence-electron chi connectivity index (χ3n) is 5.02. The van der Waals surface area contributed by atoms with E-state index in [9.17, 15) is 9.59 Å². The lowest BCUT2D eigenvalue weighted by Gasteiger charge is -2.18. The summed E-state index contributed by atoms with van der Waals surface area (Å²) in [5.74, 6) is -0.589. The molecule has 0 spiro atoms. The number of carbonyl (C=O) groups is 2. The Kier molecular flexibility index (Phi) is 8.67. The zero-order valence-corrected chi connectivity index (χ0v) is 18.3. The van der Waals surface area contributed by atoms with Gasteiger partial charge in [0.25, 0.3) is 0 Å². The highest BCUT2D eigenvalue weighted by Crippen LogP contribution is 2.12. The van der Waals surface area contributed by atoms with Crippen molar-refractivity contribution in [2.24, 2.45) is 5.73 Å². The molecule has 0 aliphatic rings. The second kappa shape index (κ2) is 12.1. The molecule has 1 heterocycles. The Morgan fingerprint density at radius 3 is 2.30 bits per heavy atom. The molecule has 2 amide bonds. The lowest BCUT2D eigenvalue weighted by Crippen LogP contribution is -2.43. The first-order valence-corrected chi connectivity index (χ1v) is 10.7. The summed E-state index contributed by atoms with van der Waals surface area (Å²) in [6.07, 6.45) is 2.34. The molecular formula is C25H28N6O2. The average Bonchev–Trinajstić information content (AvgIpc) is 2.84. The lowest BCUT2D eigenvalue weighted by atomic mass is 10.1. The first-order chi connectivity index (χ1) is 16.0. The van der Waals surface area contributed by atoms with E-state index in [4.69, 9.17) is 11.1 Å². The minimum atomic E-state index is -0.726. The topological polar surface area (TPSA) is 133 Å². The fourth-order valence-electron chi connectivity index (χ4n) is 3.22. The predicted molar refractivity (Wildman–Crippen MR) is 127 cm³/mol. The van der Waals surface area contributed by atoms with Crippen LogP contribution in [-0.2, 0) is 22.6 Å². The third-order valence-corrected chi connectivity index (χ3v) is 5.02. The van der Waals surface area contributed by atoms with Crippen molar-refractivity contribution >= 4 is 17.6 Å². The average molecular weight is 445 g/mol. The van der Waals surface area contributed by atoms with E-state index in [1.54, 1.807) is 30.5 Å². The molecule has 8 nitrogen and oxygen atoms in total. The van der Waals surface area contributed by atoms with E-state index in [-0.39, 0.29) is 24.2 Å². The zero-order valence-electron chi connectivity index (χ0n) is 18.3. The Labute approximate surface area is 193 Å². The van der Waals surface area contributed by atoms with Crippen molar-refractivity contribution in [3.63, 3.8) is 0 Å². The van der Waals surface area contributed by atoms with Gasteiger partial charge in [-0.15, -0.1) is 0 Å². The van der Waals surface area contributed by atoms with Gasteiger partial charge in [0, 0.05) is 24.8 Å². The Bertz CT molecular complexity index is 1060. The number of pyridine rings is 1.